The summed E-state index contributed by atoms with van der Waals surface area (Å²) in [6.07, 6.45) is 0. The van der Waals surface area contributed by atoms with Crippen molar-refractivity contribution in [1.29, 1.82) is 0 Å². The number of ether oxygens (including phenoxy) is 1. The lowest BCUT2D eigenvalue weighted by Crippen LogP contribution is -2.35. The van der Waals surface area contributed by atoms with Crippen LogP contribution in [0.15, 0.2) is 24.3 Å². The lowest BCUT2D eigenvalue weighted by Gasteiger charge is -2.34. The van der Waals surface area contributed by atoms with E-state index in [4.69, 9.17) is 4.74 Å². The van der Waals surface area contributed by atoms with E-state index in [-0.39, 0.29) is 5.54 Å². The molecule has 2 nitrogen and oxygen atoms in total. The van der Waals surface area contributed by atoms with Gasteiger partial charge in [0.15, 0.2) is 0 Å². The molecule has 14 heavy (non-hydrogen) atoms. The summed E-state index contributed by atoms with van der Waals surface area (Å²) in [4.78, 5) is 2.19. The first kappa shape index (κ1) is 11.1. The smallest absolute Gasteiger partial charge is 0.123 e. The quantitative estimate of drug-likeness (QED) is 0.731. The fourth-order valence-corrected chi connectivity index (χ4v) is 1.39. The second-order valence-electron chi connectivity index (χ2n) is 4.15. The zero-order chi connectivity index (χ0) is 10.8. The third-order valence-corrected chi connectivity index (χ3v) is 2.88. The summed E-state index contributed by atoms with van der Waals surface area (Å²) in [7, 11) is 5.86. The van der Waals surface area contributed by atoms with E-state index in [0.29, 0.717) is 0 Å². The Bertz CT molecular complexity index is 305. The minimum Gasteiger partial charge on any atom is -0.496 e. The summed E-state index contributed by atoms with van der Waals surface area (Å²) in [6.45, 7) is 4.37. The summed E-state index contributed by atoms with van der Waals surface area (Å²) in [5.74, 6) is 0.950. The Morgan fingerprint density at radius 1 is 1.14 bits per heavy atom. The summed E-state index contributed by atoms with van der Waals surface area (Å²) in [6, 6.07) is 8.15. The van der Waals surface area contributed by atoms with Gasteiger partial charge in [-0.05, 0) is 34.0 Å². The number of nitrogens with zero attached hydrogens (tertiary/aromatic N) is 1. The molecule has 1 rings (SSSR count). The van der Waals surface area contributed by atoms with Crippen LogP contribution in [0.4, 0.5) is 0 Å². The molecule has 0 aliphatic rings. The standard InChI is InChI=1S/C12H19NO/c1-12(2,13(3)4)10-8-6-7-9-11(10)14-5/h6-9H,1-5H3. The number of rotatable bonds is 3. The highest BCUT2D eigenvalue weighted by Gasteiger charge is 2.25. The topological polar surface area (TPSA) is 12.5 Å². The summed E-state index contributed by atoms with van der Waals surface area (Å²) < 4.78 is 5.36. The zero-order valence-electron chi connectivity index (χ0n) is 9.66. The third-order valence-electron chi connectivity index (χ3n) is 2.88. The van der Waals surface area contributed by atoms with Gasteiger partial charge in [0.2, 0.25) is 0 Å². The van der Waals surface area contributed by atoms with Crippen molar-refractivity contribution >= 4 is 0 Å². The van der Waals surface area contributed by atoms with Crippen LogP contribution >= 0.6 is 0 Å². The Kier molecular flexibility index (Phi) is 3.17. The maximum atomic E-state index is 5.36. The van der Waals surface area contributed by atoms with E-state index >= 15 is 0 Å². The first-order valence-electron chi connectivity index (χ1n) is 4.81. The minimum absolute atomic E-state index is 0.00734. The van der Waals surface area contributed by atoms with E-state index in [1.807, 2.05) is 18.2 Å². The molecule has 0 N–H and O–H groups in total. The van der Waals surface area contributed by atoms with E-state index < -0.39 is 0 Å². The van der Waals surface area contributed by atoms with Crippen LogP contribution in [0.2, 0.25) is 0 Å². The van der Waals surface area contributed by atoms with Gasteiger partial charge in [0.1, 0.15) is 5.75 Å². The van der Waals surface area contributed by atoms with Gasteiger partial charge in [-0.2, -0.15) is 0 Å². The van der Waals surface area contributed by atoms with Crippen LogP contribution in [0.5, 0.6) is 5.75 Å². The van der Waals surface area contributed by atoms with Gasteiger partial charge in [-0.15, -0.1) is 0 Å². The summed E-state index contributed by atoms with van der Waals surface area (Å²) >= 11 is 0. The highest BCUT2D eigenvalue weighted by atomic mass is 16.5. The molecule has 0 fully saturated rings. The van der Waals surface area contributed by atoms with E-state index in [0.717, 1.165) is 5.75 Å². The number of para-hydroxylation sites is 1. The number of methoxy groups -OCH3 is 1. The Morgan fingerprint density at radius 2 is 1.71 bits per heavy atom. The Hall–Kier alpha value is -1.02. The van der Waals surface area contributed by atoms with Crippen molar-refractivity contribution in [3.05, 3.63) is 29.8 Å². The zero-order valence-corrected chi connectivity index (χ0v) is 9.66. The molecule has 0 atom stereocenters. The summed E-state index contributed by atoms with van der Waals surface area (Å²) in [5, 5.41) is 0. The second-order valence-corrected chi connectivity index (χ2v) is 4.15. The van der Waals surface area contributed by atoms with Gasteiger partial charge >= 0.3 is 0 Å². The van der Waals surface area contributed by atoms with E-state index in [9.17, 15) is 0 Å². The van der Waals surface area contributed by atoms with Crippen molar-refractivity contribution in [1.82, 2.24) is 4.90 Å². The van der Waals surface area contributed by atoms with Crippen molar-refractivity contribution in [2.75, 3.05) is 21.2 Å². The largest absolute Gasteiger partial charge is 0.496 e. The van der Waals surface area contributed by atoms with Crippen LogP contribution in [-0.4, -0.2) is 26.1 Å². The molecule has 0 unspecified atom stereocenters. The van der Waals surface area contributed by atoms with Crippen LogP contribution in [0.3, 0.4) is 0 Å². The van der Waals surface area contributed by atoms with Gasteiger partial charge in [0.25, 0.3) is 0 Å². The fourth-order valence-electron chi connectivity index (χ4n) is 1.39. The van der Waals surface area contributed by atoms with E-state index in [1.54, 1.807) is 7.11 Å². The van der Waals surface area contributed by atoms with E-state index in [2.05, 4.69) is 38.9 Å². The Labute approximate surface area is 86.5 Å². The van der Waals surface area contributed by atoms with Crippen LogP contribution < -0.4 is 4.74 Å². The van der Waals surface area contributed by atoms with Crippen LogP contribution in [0.1, 0.15) is 19.4 Å². The molecule has 0 saturated carbocycles. The maximum absolute atomic E-state index is 5.36. The number of hydrogen-bond donors (Lipinski definition) is 0. The first-order chi connectivity index (χ1) is 6.50. The van der Waals surface area contributed by atoms with Gasteiger partial charge in [-0.25, -0.2) is 0 Å². The molecule has 0 amide bonds. The van der Waals surface area contributed by atoms with Gasteiger partial charge in [0, 0.05) is 11.1 Å². The van der Waals surface area contributed by atoms with Crippen molar-refractivity contribution in [3.63, 3.8) is 0 Å². The maximum Gasteiger partial charge on any atom is 0.123 e. The van der Waals surface area contributed by atoms with Gasteiger partial charge in [-0.3, -0.25) is 0 Å². The molecule has 0 spiro atoms. The fraction of sp³-hybridized carbons (Fsp3) is 0.500. The molecule has 0 heterocycles. The van der Waals surface area contributed by atoms with Gasteiger partial charge in [0.05, 0.1) is 7.11 Å². The minimum atomic E-state index is -0.00734. The molecule has 0 radical (unpaired) electrons. The van der Waals surface area contributed by atoms with E-state index in [1.165, 1.54) is 5.56 Å². The molecular formula is C12H19NO. The highest BCUT2D eigenvalue weighted by Crippen LogP contribution is 2.32. The summed E-state index contributed by atoms with van der Waals surface area (Å²) in [5.41, 5.74) is 1.21. The van der Waals surface area contributed by atoms with Crippen LogP contribution in [0.25, 0.3) is 0 Å². The molecule has 0 saturated heterocycles. The lowest BCUT2D eigenvalue weighted by atomic mass is 9.92. The molecule has 2 heteroatoms. The molecule has 0 aromatic heterocycles. The average Bonchev–Trinajstić information content (AvgIpc) is 2.17. The van der Waals surface area contributed by atoms with Gasteiger partial charge < -0.3 is 9.64 Å². The molecule has 0 aliphatic heterocycles. The number of benzene rings is 1. The van der Waals surface area contributed by atoms with Crippen LogP contribution in [-0.2, 0) is 5.54 Å². The van der Waals surface area contributed by atoms with Crippen molar-refractivity contribution < 1.29 is 4.74 Å². The second kappa shape index (κ2) is 4.01. The average molecular weight is 193 g/mol. The number of hydrogen-bond acceptors (Lipinski definition) is 2. The lowest BCUT2D eigenvalue weighted by molar-refractivity contribution is 0.192. The predicted molar refractivity (Wildman–Crippen MR) is 59.7 cm³/mol. The monoisotopic (exact) mass is 193 g/mol. The predicted octanol–water partition coefficient (Wildman–Crippen LogP) is 2.49. The Balaban J connectivity index is 3.17. The molecule has 1 aromatic rings. The molecule has 0 aliphatic carbocycles. The molecule has 1 aromatic carbocycles. The van der Waals surface area contributed by atoms with Crippen molar-refractivity contribution in [2.24, 2.45) is 0 Å². The normalized spacial score (nSPS) is 11.9. The molecule has 0 bridgehead atoms. The third kappa shape index (κ3) is 1.90. The van der Waals surface area contributed by atoms with Crippen molar-refractivity contribution in [3.8, 4) is 5.75 Å². The Morgan fingerprint density at radius 3 is 2.21 bits per heavy atom. The molecule has 78 valence electrons. The first-order valence-corrected chi connectivity index (χ1v) is 4.81. The van der Waals surface area contributed by atoms with Gasteiger partial charge in [-0.1, -0.05) is 18.2 Å². The van der Waals surface area contributed by atoms with Crippen molar-refractivity contribution in [2.45, 2.75) is 19.4 Å². The van der Waals surface area contributed by atoms with Crippen LogP contribution in [0, 0.1) is 0 Å². The SMILES string of the molecule is COc1ccccc1C(C)(C)N(C)C. The molecular weight excluding hydrogens is 174 g/mol. The highest BCUT2D eigenvalue weighted by molar-refractivity contribution is 5.38.